The number of H-pyrrole nitrogens is 1. The van der Waals surface area contributed by atoms with Crippen LogP contribution in [-0.2, 0) is 22.6 Å². The lowest BCUT2D eigenvalue weighted by Gasteiger charge is -2.19. The van der Waals surface area contributed by atoms with Crippen LogP contribution in [0.2, 0.25) is 0 Å². The summed E-state index contributed by atoms with van der Waals surface area (Å²) in [5, 5.41) is 3.80. The van der Waals surface area contributed by atoms with Crippen molar-refractivity contribution < 1.29 is 14.3 Å². The first-order valence-electron chi connectivity index (χ1n) is 9.50. The van der Waals surface area contributed by atoms with E-state index in [9.17, 15) is 9.59 Å². The van der Waals surface area contributed by atoms with E-state index in [2.05, 4.69) is 10.3 Å². The van der Waals surface area contributed by atoms with Crippen LogP contribution in [0.5, 0.6) is 5.75 Å². The zero-order valence-corrected chi connectivity index (χ0v) is 16.5. The fraction of sp³-hybridized carbons (Fsp3) is 0.304. The lowest BCUT2D eigenvalue weighted by Crippen LogP contribution is -2.43. The molecule has 0 saturated heterocycles. The maximum absolute atomic E-state index is 12.5. The van der Waals surface area contributed by atoms with E-state index in [1.165, 1.54) is 6.92 Å². The van der Waals surface area contributed by atoms with E-state index < -0.39 is 6.04 Å². The van der Waals surface area contributed by atoms with Crippen molar-refractivity contribution in [2.75, 3.05) is 0 Å². The molecule has 3 aromatic rings. The summed E-state index contributed by atoms with van der Waals surface area (Å²) in [6.45, 7) is 5.84. The number of benzene rings is 2. The number of carbonyl (C=O) groups excluding carboxylic acids is 2. The van der Waals surface area contributed by atoms with Gasteiger partial charge in [-0.05, 0) is 42.2 Å². The molecule has 146 valence electrons. The molecule has 0 aliphatic heterocycles. The molecule has 1 aromatic heterocycles. The maximum atomic E-state index is 12.5. The third kappa shape index (κ3) is 4.80. The standard InChI is InChI=1S/C23H26N2O3/c1-15(2)23(16(3)26)25-22(27)11-18-13-24-21-10-9-19(12-20(18)21)28-14-17-7-5-4-6-8-17/h4-10,12-13,15,23-24H,11,14H2,1-3H3,(H,25,27)/t23-/m0/s1. The lowest BCUT2D eigenvalue weighted by molar-refractivity contribution is -0.127. The summed E-state index contributed by atoms with van der Waals surface area (Å²) in [6, 6.07) is 15.3. The fourth-order valence-corrected chi connectivity index (χ4v) is 3.27. The van der Waals surface area contributed by atoms with Gasteiger partial charge in [-0.15, -0.1) is 0 Å². The van der Waals surface area contributed by atoms with Crippen LogP contribution in [0.25, 0.3) is 10.9 Å². The first-order valence-corrected chi connectivity index (χ1v) is 9.50. The summed E-state index contributed by atoms with van der Waals surface area (Å²) in [5.74, 6) is 0.619. The van der Waals surface area contributed by atoms with Gasteiger partial charge in [-0.3, -0.25) is 9.59 Å². The highest BCUT2D eigenvalue weighted by molar-refractivity contribution is 5.92. The normalized spacial score (nSPS) is 12.1. The lowest BCUT2D eigenvalue weighted by atomic mass is 10.0. The number of carbonyl (C=O) groups is 2. The molecular weight excluding hydrogens is 352 g/mol. The molecule has 5 heteroatoms. The number of ketones is 1. The molecule has 0 fully saturated rings. The number of fused-ring (bicyclic) bond motifs is 1. The van der Waals surface area contributed by atoms with Crippen molar-refractivity contribution in [1.29, 1.82) is 0 Å². The molecule has 0 unspecified atom stereocenters. The van der Waals surface area contributed by atoms with Crippen molar-refractivity contribution in [2.24, 2.45) is 5.92 Å². The highest BCUT2D eigenvalue weighted by atomic mass is 16.5. The van der Waals surface area contributed by atoms with E-state index in [1.807, 2.05) is 68.6 Å². The zero-order valence-electron chi connectivity index (χ0n) is 16.5. The van der Waals surface area contributed by atoms with Crippen LogP contribution in [0, 0.1) is 5.92 Å². The molecule has 1 atom stereocenters. The second-order valence-electron chi connectivity index (χ2n) is 7.37. The first kappa shape index (κ1) is 19.7. The Bertz CT molecular complexity index is 960. The predicted molar refractivity (Wildman–Crippen MR) is 110 cm³/mol. The number of amides is 1. The van der Waals surface area contributed by atoms with Crippen LogP contribution in [-0.4, -0.2) is 22.7 Å². The van der Waals surface area contributed by atoms with Gasteiger partial charge < -0.3 is 15.0 Å². The average molecular weight is 378 g/mol. The number of hydrogen-bond acceptors (Lipinski definition) is 3. The van der Waals surface area contributed by atoms with E-state index in [0.29, 0.717) is 6.61 Å². The molecule has 0 bridgehead atoms. The van der Waals surface area contributed by atoms with E-state index in [1.54, 1.807) is 0 Å². The van der Waals surface area contributed by atoms with E-state index >= 15 is 0 Å². The minimum atomic E-state index is -0.456. The summed E-state index contributed by atoms with van der Waals surface area (Å²) >= 11 is 0. The van der Waals surface area contributed by atoms with Gasteiger partial charge in [0.25, 0.3) is 0 Å². The minimum Gasteiger partial charge on any atom is -0.489 e. The molecule has 2 N–H and O–H groups in total. The number of rotatable bonds is 8. The molecule has 0 saturated carbocycles. The van der Waals surface area contributed by atoms with Crippen LogP contribution in [0.3, 0.4) is 0 Å². The SMILES string of the molecule is CC(=O)[C@@H](NC(=O)Cc1c[nH]c2ccc(OCc3ccccc3)cc12)C(C)C. The second-order valence-corrected chi connectivity index (χ2v) is 7.37. The molecule has 1 amide bonds. The maximum Gasteiger partial charge on any atom is 0.225 e. The molecule has 1 heterocycles. The van der Waals surface area contributed by atoms with Gasteiger partial charge in [0.2, 0.25) is 5.91 Å². The van der Waals surface area contributed by atoms with Crippen molar-refractivity contribution in [1.82, 2.24) is 10.3 Å². The summed E-state index contributed by atoms with van der Waals surface area (Å²) < 4.78 is 5.90. The van der Waals surface area contributed by atoms with Crippen molar-refractivity contribution in [3.05, 3.63) is 65.9 Å². The second kappa shape index (κ2) is 8.74. The smallest absolute Gasteiger partial charge is 0.225 e. The summed E-state index contributed by atoms with van der Waals surface area (Å²) in [7, 11) is 0. The minimum absolute atomic E-state index is 0.0288. The molecule has 0 spiro atoms. The van der Waals surface area contributed by atoms with Gasteiger partial charge in [0.15, 0.2) is 5.78 Å². The average Bonchev–Trinajstić information content (AvgIpc) is 3.07. The van der Waals surface area contributed by atoms with Gasteiger partial charge in [0.05, 0.1) is 12.5 Å². The predicted octanol–water partition coefficient (Wildman–Crippen LogP) is 4.02. The number of ether oxygens (including phenoxy) is 1. The number of aromatic nitrogens is 1. The quantitative estimate of drug-likeness (QED) is 0.622. The number of Topliss-reactive ketones (excluding diaryl/α,β-unsaturated/α-hetero) is 1. The van der Waals surface area contributed by atoms with Gasteiger partial charge in [-0.2, -0.15) is 0 Å². The van der Waals surface area contributed by atoms with Gasteiger partial charge in [0, 0.05) is 17.1 Å². The van der Waals surface area contributed by atoms with E-state index in [-0.39, 0.29) is 24.0 Å². The molecule has 0 radical (unpaired) electrons. The van der Waals surface area contributed by atoms with Crippen LogP contribution in [0.15, 0.2) is 54.7 Å². The van der Waals surface area contributed by atoms with E-state index in [0.717, 1.165) is 27.8 Å². The van der Waals surface area contributed by atoms with Crippen molar-refractivity contribution in [2.45, 2.75) is 39.8 Å². The Labute approximate surface area is 165 Å². The van der Waals surface area contributed by atoms with Crippen LogP contribution >= 0.6 is 0 Å². The molecule has 2 aromatic carbocycles. The van der Waals surface area contributed by atoms with Gasteiger partial charge >= 0.3 is 0 Å². The van der Waals surface area contributed by atoms with Crippen LogP contribution in [0.4, 0.5) is 0 Å². The molecule has 3 rings (SSSR count). The van der Waals surface area contributed by atoms with Crippen molar-refractivity contribution in [3.8, 4) is 5.75 Å². The largest absolute Gasteiger partial charge is 0.489 e. The molecule has 0 aliphatic rings. The highest BCUT2D eigenvalue weighted by Crippen LogP contribution is 2.25. The van der Waals surface area contributed by atoms with Crippen molar-refractivity contribution in [3.63, 3.8) is 0 Å². The van der Waals surface area contributed by atoms with Gasteiger partial charge in [0.1, 0.15) is 12.4 Å². The fourth-order valence-electron chi connectivity index (χ4n) is 3.27. The molecule has 5 nitrogen and oxygen atoms in total. The molecular formula is C23H26N2O3. The van der Waals surface area contributed by atoms with E-state index in [4.69, 9.17) is 4.74 Å². The topological polar surface area (TPSA) is 71.2 Å². The number of hydrogen-bond donors (Lipinski definition) is 2. The van der Waals surface area contributed by atoms with Crippen LogP contribution in [0.1, 0.15) is 31.9 Å². The number of aromatic amines is 1. The third-order valence-electron chi connectivity index (χ3n) is 4.76. The molecule has 0 aliphatic carbocycles. The summed E-state index contributed by atoms with van der Waals surface area (Å²) in [6.07, 6.45) is 2.04. The first-order chi connectivity index (χ1) is 13.4. The van der Waals surface area contributed by atoms with Crippen molar-refractivity contribution >= 4 is 22.6 Å². The third-order valence-corrected chi connectivity index (χ3v) is 4.76. The Morgan fingerprint density at radius 2 is 1.86 bits per heavy atom. The van der Waals surface area contributed by atoms with Crippen LogP contribution < -0.4 is 10.1 Å². The van der Waals surface area contributed by atoms with Gasteiger partial charge in [-0.25, -0.2) is 0 Å². The Hall–Kier alpha value is -3.08. The van der Waals surface area contributed by atoms with Gasteiger partial charge in [-0.1, -0.05) is 44.2 Å². The Morgan fingerprint density at radius 1 is 1.11 bits per heavy atom. The zero-order chi connectivity index (χ0) is 20.1. The Balaban J connectivity index is 1.71. The Kier molecular flexibility index (Phi) is 6.14. The summed E-state index contributed by atoms with van der Waals surface area (Å²) in [5.41, 5.74) is 2.92. The Morgan fingerprint density at radius 3 is 2.54 bits per heavy atom. The summed E-state index contributed by atoms with van der Waals surface area (Å²) in [4.78, 5) is 27.4. The highest BCUT2D eigenvalue weighted by Gasteiger charge is 2.21. The number of nitrogens with one attached hydrogen (secondary N) is 2. The monoisotopic (exact) mass is 378 g/mol. The molecule has 28 heavy (non-hydrogen) atoms.